The van der Waals surface area contributed by atoms with Gasteiger partial charge in [-0.25, -0.2) is 0 Å². The summed E-state index contributed by atoms with van der Waals surface area (Å²) in [7, 11) is 0. The lowest BCUT2D eigenvalue weighted by molar-refractivity contribution is 0.0216. The van der Waals surface area contributed by atoms with Crippen molar-refractivity contribution >= 4 is 5.69 Å². The fourth-order valence-corrected chi connectivity index (χ4v) is 4.15. The van der Waals surface area contributed by atoms with E-state index in [4.69, 9.17) is 9.47 Å². The number of nitrogens with zero attached hydrogens (tertiary/aromatic N) is 1. The highest BCUT2D eigenvalue weighted by molar-refractivity contribution is 5.72. The maximum atomic E-state index is 10.4. The van der Waals surface area contributed by atoms with Gasteiger partial charge in [-0.3, -0.25) is 0 Å². The van der Waals surface area contributed by atoms with E-state index in [-0.39, 0.29) is 18.8 Å². The van der Waals surface area contributed by atoms with Gasteiger partial charge in [-0.2, -0.15) is 0 Å². The predicted octanol–water partition coefficient (Wildman–Crippen LogP) is 0.753. The molecule has 0 amide bonds. The van der Waals surface area contributed by atoms with Gasteiger partial charge in [-0.15, -0.1) is 0 Å². The molecule has 1 saturated heterocycles. The van der Waals surface area contributed by atoms with Crippen LogP contribution in [0.15, 0.2) is 23.8 Å². The lowest BCUT2D eigenvalue weighted by atomic mass is 9.79. The summed E-state index contributed by atoms with van der Waals surface area (Å²) in [6, 6.07) is 4.17. The monoisotopic (exact) mass is 273 g/mol. The first-order valence-corrected chi connectivity index (χ1v) is 7.01. The minimum absolute atomic E-state index is 0.0722. The van der Waals surface area contributed by atoms with Crippen LogP contribution in [0.1, 0.15) is 17.9 Å². The normalized spacial score (nSPS) is 35.9. The van der Waals surface area contributed by atoms with Crippen LogP contribution in [0.3, 0.4) is 0 Å². The van der Waals surface area contributed by atoms with Gasteiger partial charge in [0.25, 0.3) is 0 Å². The van der Waals surface area contributed by atoms with Gasteiger partial charge in [0.05, 0.1) is 18.2 Å². The third kappa shape index (κ3) is 1.16. The molecule has 5 nitrogen and oxygen atoms in total. The molecule has 4 atom stereocenters. The number of anilines is 1. The summed E-state index contributed by atoms with van der Waals surface area (Å²) in [5, 5.41) is 20.5. The highest BCUT2D eigenvalue weighted by Crippen LogP contribution is 2.54. The first-order valence-electron chi connectivity index (χ1n) is 7.01. The third-order valence-corrected chi connectivity index (χ3v) is 4.99. The van der Waals surface area contributed by atoms with Crippen LogP contribution in [0.5, 0.6) is 11.5 Å². The molecule has 4 aliphatic rings. The lowest BCUT2D eigenvalue weighted by Crippen LogP contribution is -2.43. The van der Waals surface area contributed by atoms with Gasteiger partial charge in [0.15, 0.2) is 11.5 Å². The number of hydrogen-bond acceptors (Lipinski definition) is 5. The van der Waals surface area contributed by atoms with Gasteiger partial charge in [-0.05, 0) is 23.6 Å². The molecular formula is C15H15NO4. The lowest BCUT2D eigenvalue weighted by Gasteiger charge is -2.33. The van der Waals surface area contributed by atoms with Crippen LogP contribution < -0.4 is 14.4 Å². The van der Waals surface area contributed by atoms with Crippen molar-refractivity contribution < 1.29 is 19.7 Å². The summed E-state index contributed by atoms with van der Waals surface area (Å²) in [5.74, 6) is 1.44. The molecular weight excluding hydrogens is 258 g/mol. The molecule has 1 aliphatic carbocycles. The number of rotatable bonds is 0. The number of aliphatic hydroxyl groups excluding tert-OH is 2. The van der Waals surface area contributed by atoms with Crippen molar-refractivity contribution in [2.45, 2.75) is 30.6 Å². The van der Waals surface area contributed by atoms with E-state index in [0.29, 0.717) is 0 Å². The van der Waals surface area contributed by atoms with Crippen LogP contribution in [-0.4, -0.2) is 41.8 Å². The van der Waals surface area contributed by atoms with Crippen LogP contribution in [0, 0.1) is 0 Å². The standard InChI is InChI=1S/C15H15NO4/c17-10-3-7-1-2-16-9-5-12-11(19-6-20-12)4-8(9)13(14(7)16)15(10)18/h3-5,10,13-15,17-18H,1-2,6H2. The zero-order chi connectivity index (χ0) is 13.4. The fourth-order valence-electron chi connectivity index (χ4n) is 4.15. The van der Waals surface area contributed by atoms with Crippen molar-refractivity contribution in [3.05, 3.63) is 29.3 Å². The van der Waals surface area contributed by atoms with Crippen molar-refractivity contribution in [1.82, 2.24) is 0 Å². The summed E-state index contributed by atoms with van der Waals surface area (Å²) >= 11 is 0. The minimum Gasteiger partial charge on any atom is -0.454 e. The van der Waals surface area contributed by atoms with Gasteiger partial charge < -0.3 is 24.6 Å². The molecule has 4 unspecified atom stereocenters. The quantitative estimate of drug-likeness (QED) is 0.683. The van der Waals surface area contributed by atoms with E-state index in [1.54, 1.807) is 0 Å². The molecule has 5 rings (SSSR count). The molecule has 5 heteroatoms. The van der Waals surface area contributed by atoms with E-state index < -0.39 is 12.2 Å². The Balaban J connectivity index is 1.73. The Bertz CT molecular complexity index is 641. The largest absolute Gasteiger partial charge is 0.454 e. The van der Waals surface area contributed by atoms with Crippen LogP contribution in [0.25, 0.3) is 0 Å². The second kappa shape index (κ2) is 3.48. The molecule has 1 fully saturated rings. The van der Waals surface area contributed by atoms with E-state index in [1.807, 2.05) is 18.2 Å². The summed E-state index contributed by atoms with van der Waals surface area (Å²) in [6.45, 7) is 1.18. The zero-order valence-corrected chi connectivity index (χ0v) is 10.8. The number of aliphatic hydroxyl groups is 2. The highest BCUT2D eigenvalue weighted by Gasteiger charge is 2.51. The van der Waals surface area contributed by atoms with Crippen molar-refractivity contribution in [1.29, 1.82) is 0 Å². The van der Waals surface area contributed by atoms with E-state index >= 15 is 0 Å². The van der Waals surface area contributed by atoms with E-state index in [0.717, 1.165) is 35.7 Å². The summed E-state index contributed by atoms with van der Waals surface area (Å²) in [5.41, 5.74) is 3.42. The Morgan fingerprint density at radius 1 is 1.15 bits per heavy atom. The second-order valence-corrected chi connectivity index (χ2v) is 5.90. The predicted molar refractivity (Wildman–Crippen MR) is 71.2 cm³/mol. The first-order chi connectivity index (χ1) is 9.74. The van der Waals surface area contributed by atoms with Crippen molar-refractivity contribution in [3.8, 4) is 11.5 Å². The molecule has 0 spiro atoms. The number of ether oxygens (including phenoxy) is 2. The molecule has 104 valence electrons. The van der Waals surface area contributed by atoms with E-state index in [2.05, 4.69) is 4.90 Å². The molecule has 0 saturated carbocycles. The van der Waals surface area contributed by atoms with Gasteiger partial charge in [0.1, 0.15) is 0 Å². The number of hydrogen-bond donors (Lipinski definition) is 2. The van der Waals surface area contributed by atoms with Crippen LogP contribution in [0.2, 0.25) is 0 Å². The molecule has 2 N–H and O–H groups in total. The van der Waals surface area contributed by atoms with Crippen LogP contribution in [0.4, 0.5) is 5.69 Å². The molecule has 0 aromatic heterocycles. The molecule has 1 aromatic carbocycles. The molecule has 1 aromatic rings. The Morgan fingerprint density at radius 2 is 1.95 bits per heavy atom. The summed E-state index contributed by atoms with van der Waals surface area (Å²) in [4.78, 5) is 2.32. The molecule has 20 heavy (non-hydrogen) atoms. The Kier molecular flexibility index (Phi) is 1.91. The van der Waals surface area contributed by atoms with Crippen molar-refractivity contribution in [2.24, 2.45) is 0 Å². The van der Waals surface area contributed by atoms with Gasteiger partial charge in [-0.1, -0.05) is 6.08 Å². The molecule has 0 bridgehead atoms. The van der Waals surface area contributed by atoms with E-state index in [1.165, 1.54) is 5.57 Å². The summed E-state index contributed by atoms with van der Waals surface area (Å²) in [6.07, 6.45) is 1.26. The van der Waals surface area contributed by atoms with Gasteiger partial charge in [0.2, 0.25) is 6.79 Å². The Hall–Kier alpha value is -1.72. The van der Waals surface area contributed by atoms with Gasteiger partial charge in [0, 0.05) is 24.2 Å². The number of benzene rings is 1. The fraction of sp³-hybridized carbons (Fsp3) is 0.467. The second-order valence-electron chi connectivity index (χ2n) is 5.90. The molecule has 0 radical (unpaired) electrons. The van der Waals surface area contributed by atoms with Gasteiger partial charge >= 0.3 is 0 Å². The SMILES string of the molecule is OC1C=C2CCN3c4cc5c(cc4C(C1O)C23)OCO5. The van der Waals surface area contributed by atoms with Crippen LogP contribution >= 0.6 is 0 Å². The first kappa shape index (κ1) is 11.0. The average Bonchev–Trinajstić information content (AvgIpc) is 3.10. The smallest absolute Gasteiger partial charge is 0.231 e. The number of fused-ring (bicyclic) bond motifs is 4. The zero-order valence-electron chi connectivity index (χ0n) is 10.8. The highest BCUT2D eigenvalue weighted by atomic mass is 16.7. The minimum atomic E-state index is -0.775. The summed E-state index contributed by atoms with van der Waals surface area (Å²) < 4.78 is 10.9. The molecule has 3 heterocycles. The maximum Gasteiger partial charge on any atom is 0.231 e. The topological polar surface area (TPSA) is 62.2 Å². The van der Waals surface area contributed by atoms with Crippen molar-refractivity contribution in [2.75, 3.05) is 18.2 Å². The third-order valence-electron chi connectivity index (χ3n) is 4.99. The maximum absolute atomic E-state index is 10.4. The Labute approximate surface area is 116 Å². The van der Waals surface area contributed by atoms with Crippen LogP contribution in [-0.2, 0) is 0 Å². The average molecular weight is 273 g/mol. The van der Waals surface area contributed by atoms with Crippen molar-refractivity contribution in [3.63, 3.8) is 0 Å². The Morgan fingerprint density at radius 3 is 2.80 bits per heavy atom. The van der Waals surface area contributed by atoms with E-state index in [9.17, 15) is 10.2 Å². The molecule has 3 aliphatic heterocycles.